The Morgan fingerprint density at radius 3 is 2.23 bits per heavy atom. The Morgan fingerprint density at radius 1 is 1.20 bits per heavy atom. The molecule has 154 valence electrons. The van der Waals surface area contributed by atoms with Gasteiger partial charge in [0, 0.05) is 0 Å². The molecule has 30 heavy (non-hydrogen) atoms. The minimum atomic E-state index is -1.11. The van der Waals surface area contributed by atoms with Crippen LogP contribution >= 0.6 is 0 Å². The molecule has 0 fully saturated rings. The van der Waals surface area contributed by atoms with Gasteiger partial charge in [-0.05, 0) is 31.9 Å². The number of rotatable bonds is 6. The summed E-state index contributed by atoms with van der Waals surface area (Å²) in [6.45, 7) is 6.41. The van der Waals surface area contributed by atoms with Crippen LogP contribution in [-0.4, -0.2) is 34.4 Å². The van der Waals surface area contributed by atoms with Crippen LogP contribution in [-0.2, 0) is 4.79 Å². The highest BCUT2D eigenvalue weighted by molar-refractivity contribution is 6.23. The third-order valence-corrected chi connectivity index (χ3v) is 5.34. The molecule has 3 amide bonds. The number of hydrogen-bond donors (Lipinski definition) is 1. The maximum atomic E-state index is 13.2. The number of hydrogen-bond acceptors (Lipinski definition) is 6. The van der Waals surface area contributed by atoms with Gasteiger partial charge in [0.05, 0.1) is 16.7 Å². The first-order valence-corrected chi connectivity index (χ1v) is 9.55. The number of nitrogens with one attached hydrogen (secondary N) is 1. The zero-order valence-electron chi connectivity index (χ0n) is 17.1. The van der Waals surface area contributed by atoms with Gasteiger partial charge in [0.1, 0.15) is 23.4 Å². The quantitative estimate of drug-likeness (QED) is 0.579. The molecular weight excluding hydrogens is 386 g/mol. The molecule has 2 aromatic rings. The Balaban J connectivity index is 1.99. The second-order valence-corrected chi connectivity index (χ2v) is 7.25. The number of anilines is 1. The zero-order chi connectivity index (χ0) is 22.2. The first kappa shape index (κ1) is 21.0. The predicted octanol–water partition coefficient (Wildman–Crippen LogP) is 3.31. The summed E-state index contributed by atoms with van der Waals surface area (Å²) in [5.74, 6) is -2.45. The SMILES string of the molecule is CCC(C)C(C(=O)Nc1oc(C)c(C(C)=O)c1C#N)N1C(=O)c2ccccc2C1=O. The summed E-state index contributed by atoms with van der Waals surface area (Å²) in [5, 5.41) is 12.0. The van der Waals surface area contributed by atoms with Gasteiger partial charge in [0.2, 0.25) is 11.8 Å². The lowest BCUT2D eigenvalue weighted by Gasteiger charge is -2.29. The smallest absolute Gasteiger partial charge is 0.262 e. The molecule has 8 nitrogen and oxygen atoms in total. The van der Waals surface area contributed by atoms with Crippen molar-refractivity contribution in [1.82, 2.24) is 4.90 Å². The van der Waals surface area contributed by atoms with Crippen molar-refractivity contribution < 1.29 is 23.6 Å². The molecular formula is C22H21N3O5. The maximum Gasteiger partial charge on any atom is 0.262 e. The molecule has 8 heteroatoms. The Kier molecular flexibility index (Phi) is 5.56. The second kappa shape index (κ2) is 7.95. The Hall–Kier alpha value is -3.73. The van der Waals surface area contributed by atoms with Crippen LogP contribution < -0.4 is 5.32 Å². The topological polar surface area (TPSA) is 120 Å². The Bertz CT molecular complexity index is 1070. The monoisotopic (exact) mass is 407 g/mol. The fourth-order valence-corrected chi connectivity index (χ4v) is 3.66. The highest BCUT2D eigenvalue weighted by Crippen LogP contribution is 2.31. The van der Waals surface area contributed by atoms with E-state index in [9.17, 15) is 24.4 Å². The van der Waals surface area contributed by atoms with E-state index in [0.717, 1.165) is 4.90 Å². The summed E-state index contributed by atoms with van der Waals surface area (Å²) < 4.78 is 5.45. The summed E-state index contributed by atoms with van der Waals surface area (Å²) in [7, 11) is 0. The number of aryl methyl sites for hydroxylation is 1. The van der Waals surface area contributed by atoms with Crippen molar-refractivity contribution in [2.24, 2.45) is 5.92 Å². The molecule has 2 heterocycles. The van der Waals surface area contributed by atoms with Crippen molar-refractivity contribution in [2.45, 2.75) is 40.2 Å². The highest BCUT2D eigenvalue weighted by Gasteiger charge is 2.44. The van der Waals surface area contributed by atoms with Crippen LogP contribution in [0.2, 0.25) is 0 Å². The van der Waals surface area contributed by atoms with Crippen molar-refractivity contribution in [1.29, 1.82) is 5.26 Å². The van der Waals surface area contributed by atoms with Crippen molar-refractivity contribution in [3.8, 4) is 6.07 Å². The third kappa shape index (κ3) is 3.28. The average molecular weight is 407 g/mol. The molecule has 1 aromatic carbocycles. The van der Waals surface area contributed by atoms with Crippen LogP contribution in [0.15, 0.2) is 28.7 Å². The lowest BCUT2D eigenvalue weighted by atomic mass is 9.96. The first-order valence-electron chi connectivity index (χ1n) is 9.55. The molecule has 1 aromatic heterocycles. The van der Waals surface area contributed by atoms with E-state index in [1.807, 2.05) is 13.0 Å². The number of imide groups is 1. The fourth-order valence-electron chi connectivity index (χ4n) is 3.66. The van der Waals surface area contributed by atoms with E-state index in [-0.39, 0.29) is 45.6 Å². The molecule has 1 aliphatic rings. The van der Waals surface area contributed by atoms with Crippen molar-refractivity contribution in [3.63, 3.8) is 0 Å². The number of amides is 3. The van der Waals surface area contributed by atoms with Crippen LogP contribution in [0.1, 0.15) is 69.6 Å². The lowest BCUT2D eigenvalue weighted by molar-refractivity contribution is -0.121. The van der Waals surface area contributed by atoms with Crippen molar-refractivity contribution >= 4 is 29.4 Å². The van der Waals surface area contributed by atoms with E-state index in [0.29, 0.717) is 6.42 Å². The molecule has 2 unspecified atom stereocenters. The standard InChI is InChI=1S/C22H21N3O5/c1-5-11(2)18(25-21(28)14-8-6-7-9-15(14)22(25)29)19(27)24-20-16(10-23)17(12(3)26)13(4)30-20/h6-9,11,18H,5H2,1-4H3,(H,24,27). The molecule has 2 atom stereocenters. The average Bonchev–Trinajstić information content (AvgIpc) is 3.16. The van der Waals surface area contributed by atoms with E-state index in [2.05, 4.69) is 5.32 Å². The second-order valence-electron chi connectivity index (χ2n) is 7.25. The largest absolute Gasteiger partial charge is 0.443 e. The number of carbonyl (C=O) groups excluding carboxylic acids is 4. The fraction of sp³-hybridized carbons (Fsp3) is 0.318. The van der Waals surface area contributed by atoms with Gasteiger partial charge in [-0.2, -0.15) is 5.26 Å². The van der Waals surface area contributed by atoms with Crippen LogP contribution in [0.4, 0.5) is 5.88 Å². The van der Waals surface area contributed by atoms with E-state index in [1.165, 1.54) is 13.8 Å². The summed E-state index contributed by atoms with van der Waals surface area (Å²) >= 11 is 0. The van der Waals surface area contributed by atoms with Gasteiger partial charge in [0.15, 0.2) is 5.78 Å². The van der Waals surface area contributed by atoms with Crippen LogP contribution in [0.25, 0.3) is 0 Å². The minimum Gasteiger partial charge on any atom is -0.443 e. The van der Waals surface area contributed by atoms with E-state index >= 15 is 0 Å². The number of furan rings is 1. The number of Topliss-reactive ketones (excluding diaryl/α,β-unsaturated/α-hetero) is 1. The number of fused-ring (bicyclic) bond motifs is 1. The summed E-state index contributed by atoms with van der Waals surface area (Å²) in [6, 6.07) is 7.16. The molecule has 0 saturated heterocycles. The number of carbonyl (C=O) groups is 4. The lowest BCUT2D eigenvalue weighted by Crippen LogP contribution is -2.50. The predicted molar refractivity (Wildman–Crippen MR) is 107 cm³/mol. The number of benzene rings is 1. The van der Waals surface area contributed by atoms with Crippen LogP contribution in [0, 0.1) is 24.2 Å². The van der Waals surface area contributed by atoms with Gasteiger partial charge >= 0.3 is 0 Å². The molecule has 0 spiro atoms. The third-order valence-electron chi connectivity index (χ3n) is 5.34. The summed E-state index contributed by atoms with van der Waals surface area (Å²) in [5.41, 5.74) is 0.496. The van der Waals surface area contributed by atoms with E-state index in [4.69, 9.17) is 4.42 Å². The Labute approximate surface area is 173 Å². The van der Waals surface area contributed by atoms with Gasteiger partial charge in [-0.1, -0.05) is 32.4 Å². The van der Waals surface area contributed by atoms with Gasteiger partial charge < -0.3 is 4.42 Å². The molecule has 1 N–H and O–H groups in total. The molecule has 0 bridgehead atoms. The molecule has 0 radical (unpaired) electrons. The van der Waals surface area contributed by atoms with Gasteiger partial charge in [-0.15, -0.1) is 0 Å². The van der Waals surface area contributed by atoms with Gasteiger partial charge in [-0.25, -0.2) is 0 Å². The van der Waals surface area contributed by atoms with E-state index < -0.39 is 23.8 Å². The summed E-state index contributed by atoms with van der Waals surface area (Å²) in [4.78, 5) is 51.8. The Morgan fingerprint density at radius 2 is 1.77 bits per heavy atom. The number of nitriles is 1. The minimum absolute atomic E-state index is 0.0846. The molecule has 3 rings (SSSR count). The molecule has 0 aliphatic carbocycles. The van der Waals surface area contributed by atoms with Crippen molar-refractivity contribution in [2.75, 3.05) is 5.32 Å². The normalized spacial score (nSPS) is 14.8. The first-order chi connectivity index (χ1) is 14.2. The number of nitrogens with zero attached hydrogens (tertiary/aromatic N) is 2. The van der Waals surface area contributed by atoms with Gasteiger partial charge in [0.25, 0.3) is 11.8 Å². The van der Waals surface area contributed by atoms with Gasteiger partial charge in [-0.3, -0.25) is 29.4 Å². The van der Waals surface area contributed by atoms with Crippen molar-refractivity contribution in [3.05, 3.63) is 52.3 Å². The molecule has 0 saturated carbocycles. The highest BCUT2D eigenvalue weighted by atomic mass is 16.4. The zero-order valence-corrected chi connectivity index (χ0v) is 17.1. The maximum absolute atomic E-state index is 13.2. The van der Waals surface area contributed by atoms with Crippen LogP contribution in [0.3, 0.4) is 0 Å². The summed E-state index contributed by atoms with van der Waals surface area (Å²) in [6.07, 6.45) is 0.520. The van der Waals surface area contributed by atoms with Crippen LogP contribution in [0.5, 0.6) is 0 Å². The number of ketones is 1. The van der Waals surface area contributed by atoms with E-state index in [1.54, 1.807) is 31.2 Å². The molecule has 1 aliphatic heterocycles.